The first kappa shape index (κ1) is 19.5. The molecule has 0 fully saturated rings. The second-order valence-electron chi connectivity index (χ2n) is 6.26. The van der Waals surface area contributed by atoms with Crippen LogP contribution in [0.25, 0.3) is 0 Å². The van der Waals surface area contributed by atoms with Crippen LogP contribution in [0.15, 0.2) is 65.9 Å². The molecule has 5 nitrogen and oxygen atoms in total. The Bertz CT molecular complexity index is 953. The smallest absolute Gasteiger partial charge is 0.265 e. The molecule has 3 rings (SSSR count). The standard InChI is InChI=1S/C20H22N2O3S2/c1-3-11-21(12-4-2)20(23)19-18(10-14-26-19)27(24,25)22-13-9-16-7-5-6-8-17(16)15-22/h3-8,10,14H,1-2,9,11-13,15H2. The van der Waals surface area contributed by atoms with Crippen LogP contribution < -0.4 is 0 Å². The Morgan fingerprint density at radius 3 is 2.48 bits per heavy atom. The van der Waals surface area contributed by atoms with E-state index in [0.29, 0.717) is 32.6 Å². The molecule has 0 spiro atoms. The van der Waals surface area contributed by atoms with Crippen LogP contribution in [0.4, 0.5) is 0 Å². The van der Waals surface area contributed by atoms with E-state index in [0.717, 1.165) is 16.9 Å². The Balaban J connectivity index is 1.91. The Morgan fingerprint density at radius 2 is 1.81 bits per heavy atom. The van der Waals surface area contributed by atoms with Crippen molar-refractivity contribution in [3.63, 3.8) is 0 Å². The summed E-state index contributed by atoms with van der Waals surface area (Å²) in [5.74, 6) is -0.319. The van der Waals surface area contributed by atoms with Crippen LogP contribution in [0.1, 0.15) is 20.8 Å². The van der Waals surface area contributed by atoms with Crippen LogP contribution in [0.2, 0.25) is 0 Å². The van der Waals surface area contributed by atoms with Crippen molar-refractivity contribution in [2.24, 2.45) is 0 Å². The average Bonchev–Trinajstić information content (AvgIpc) is 3.17. The number of carbonyl (C=O) groups excluding carboxylic acids is 1. The lowest BCUT2D eigenvalue weighted by Crippen LogP contribution is -2.37. The third kappa shape index (κ3) is 3.90. The molecule has 142 valence electrons. The first-order valence-corrected chi connectivity index (χ1v) is 11.0. The van der Waals surface area contributed by atoms with Crippen LogP contribution in [-0.2, 0) is 23.0 Å². The van der Waals surface area contributed by atoms with Crippen molar-refractivity contribution in [2.75, 3.05) is 19.6 Å². The molecule has 2 heterocycles. The van der Waals surface area contributed by atoms with Gasteiger partial charge in [-0.1, -0.05) is 36.4 Å². The molecule has 2 aromatic rings. The van der Waals surface area contributed by atoms with Gasteiger partial charge in [-0.3, -0.25) is 4.79 Å². The van der Waals surface area contributed by atoms with Gasteiger partial charge >= 0.3 is 0 Å². The minimum Gasteiger partial charge on any atom is -0.330 e. The first-order chi connectivity index (χ1) is 13.0. The lowest BCUT2D eigenvalue weighted by atomic mass is 10.0. The van der Waals surface area contributed by atoms with Crippen molar-refractivity contribution in [1.29, 1.82) is 0 Å². The quantitative estimate of drug-likeness (QED) is 0.668. The third-order valence-electron chi connectivity index (χ3n) is 4.52. The zero-order valence-corrected chi connectivity index (χ0v) is 16.6. The highest BCUT2D eigenvalue weighted by molar-refractivity contribution is 7.89. The predicted octanol–water partition coefficient (Wildman–Crippen LogP) is 3.31. The molecular weight excluding hydrogens is 380 g/mol. The first-order valence-electron chi connectivity index (χ1n) is 8.64. The highest BCUT2D eigenvalue weighted by Gasteiger charge is 2.33. The van der Waals surface area contributed by atoms with Crippen LogP contribution in [-0.4, -0.2) is 43.2 Å². The van der Waals surface area contributed by atoms with Gasteiger partial charge in [-0.05, 0) is 29.0 Å². The van der Waals surface area contributed by atoms with Gasteiger partial charge in [0.1, 0.15) is 9.77 Å². The van der Waals surface area contributed by atoms with Crippen LogP contribution in [0, 0.1) is 0 Å². The summed E-state index contributed by atoms with van der Waals surface area (Å²) in [6.45, 7) is 8.72. The van der Waals surface area contributed by atoms with Crippen LogP contribution in [0.3, 0.4) is 0 Å². The van der Waals surface area contributed by atoms with Crippen LogP contribution in [0.5, 0.6) is 0 Å². The Labute approximate surface area is 164 Å². The molecule has 0 N–H and O–H groups in total. The van der Waals surface area contributed by atoms with Crippen molar-refractivity contribution < 1.29 is 13.2 Å². The van der Waals surface area contributed by atoms with Gasteiger partial charge in [0.05, 0.1) is 0 Å². The Morgan fingerprint density at radius 1 is 1.15 bits per heavy atom. The lowest BCUT2D eigenvalue weighted by molar-refractivity contribution is 0.0792. The zero-order valence-electron chi connectivity index (χ0n) is 15.0. The van der Waals surface area contributed by atoms with Gasteiger partial charge in [0.2, 0.25) is 10.0 Å². The SMILES string of the molecule is C=CCN(CC=C)C(=O)c1sccc1S(=O)(=O)N1CCc2ccccc2C1. The van der Waals surface area contributed by atoms with Crippen molar-refractivity contribution in [3.05, 3.63) is 77.0 Å². The van der Waals surface area contributed by atoms with E-state index in [1.807, 2.05) is 24.3 Å². The molecular formula is C20H22N2O3S2. The van der Waals surface area contributed by atoms with Crippen LogP contribution >= 0.6 is 11.3 Å². The molecule has 0 saturated carbocycles. The number of amides is 1. The Kier molecular flexibility index (Phi) is 5.94. The summed E-state index contributed by atoms with van der Waals surface area (Å²) in [7, 11) is -3.76. The minimum absolute atomic E-state index is 0.0787. The fraction of sp³-hybridized carbons (Fsp3) is 0.250. The van der Waals surface area contributed by atoms with Crippen molar-refractivity contribution in [3.8, 4) is 0 Å². The number of sulfonamides is 1. The van der Waals surface area contributed by atoms with E-state index in [9.17, 15) is 13.2 Å². The topological polar surface area (TPSA) is 57.7 Å². The van der Waals surface area contributed by atoms with E-state index in [2.05, 4.69) is 13.2 Å². The summed E-state index contributed by atoms with van der Waals surface area (Å²) >= 11 is 1.15. The monoisotopic (exact) mass is 402 g/mol. The number of hydrogen-bond acceptors (Lipinski definition) is 4. The van der Waals surface area contributed by atoms with Gasteiger partial charge in [-0.2, -0.15) is 4.31 Å². The molecule has 1 amide bonds. The second kappa shape index (κ2) is 8.21. The van der Waals surface area contributed by atoms with Gasteiger partial charge in [0.15, 0.2) is 0 Å². The van der Waals surface area contributed by atoms with E-state index in [-0.39, 0.29) is 15.7 Å². The third-order valence-corrected chi connectivity index (χ3v) is 7.44. The van der Waals surface area contributed by atoms with Gasteiger partial charge in [-0.15, -0.1) is 24.5 Å². The molecule has 0 atom stereocenters. The molecule has 1 aromatic carbocycles. The predicted molar refractivity (Wildman–Crippen MR) is 108 cm³/mol. The number of carbonyl (C=O) groups is 1. The molecule has 0 aliphatic carbocycles. The number of benzene rings is 1. The molecule has 0 saturated heterocycles. The maximum atomic E-state index is 13.2. The minimum atomic E-state index is -3.76. The summed E-state index contributed by atoms with van der Waals surface area (Å²) < 4.78 is 27.9. The second-order valence-corrected chi connectivity index (χ2v) is 9.08. The molecule has 0 unspecified atom stereocenters. The highest BCUT2D eigenvalue weighted by atomic mass is 32.2. The van der Waals surface area contributed by atoms with Crippen molar-refractivity contribution in [2.45, 2.75) is 17.9 Å². The Hall–Kier alpha value is -2.22. The number of rotatable bonds is 7. The summed E-state index contributed by atoms with van der Waals surface area (Å²) in [4.78, 5) is 14.7. The molecule has 1 aliphatic rings. The number of nitrogens with zero attached hydrogens (tertiary/aromatic N) is 2. The number of thiophene rings is 1. The van der Waals surface area contributed by atoms with E-state index in [4.69, 9.17) is 0 Å². The van der Waals surface area contributed by atoms with E-state index in [1.165, 1.54) is 20.8 Å². The molecule has 27 heavy (non-hydrogen) atoms. The largest absolute Gasteiger partial charge is 0.330 e. The molecule has 0 bridgehead atoms. The summed E-state index contributed by atoms with van der Waals surface area (Å²) in [5.41, 5.74) is 2.18. The molecule has 0 radical (unpaired) electrons. The summed E-state index contributed by atoms with van der Waals surface area (Å²) in [6.07, 6.45) is 3.90. The highest BCUT2D eigenvalue weighted by Crippen LogP contribution is 2.30. The van der Waals surface area contributed by atoms with Gasteiger partial charge in [0, 0.05) is 26.2 Å². The molecule has 1 aromatic heterocycles. The summed E-state index contributed by atoms with van der Waals surface area (Å²) in [6, 6.07) is 9.38. The lowest BCUT2D eigenvalue weighted by Gasteiger charge is -2.28. The van der Waals surface area contributed by atoms with Crippen molar-refractivity contribution >= 4 is 27.3 Å². The molecule has 7 heteroatoms. The van der Waals surface area contributed by atoms with Gasteiger partial charge < -0.3 is 4.90 Å². The van der Waals surface area contributed by atoms with Gasteiger partial charge in [0.25, 0.3) is 5.91 Å². The molecule has 1 aliphatic heterocycles. The maximum absolute atomic E-state index is 13.2. The van der Waals surface area contributed by atoms with E-state index >= 15 is 0 Å². The average molecular weight is 403 g/mol. The number of hydrogen-bond donors (Lipinski definition) is 0. The summed E-state index contributed by atoms with van der Waals surface area (Å²) in [5, 5.41) is 1.65. The zero-order chi connectivity index (χ0) is 19.4. The van der Waals surface area contributed by atoms with Gasteiger partial charge in [-0.25, -0.2) is 8.42 Å². The van der Waals surface area contributed by atoms with E-state index in [1.54, 1.807) is 17.5 Å². The normalized spacial score (nSPS) is 14.4. The number of fused-ring (bicyclic) bond motifs is 1. The fourth-order valence-corrected chi connectivity index (χ4v) is 5.95. The fourth-order valence-electron chi connectivity index (χ4n) is 3.17. The van der Waals surface area contributed by atoms with Crippen molar-refractivity contribution in [1.82, 2.24) is 9.21 Å². The maximum Gasteiger partial charge on any atom is 0.265 e. The van der Waals surface area contributed by atoms with E-state index < -0.39 is 10.0 Å².